The minimum atomic E-state index is -0.465. The molecule has 1 aliphatic rings. The van der Waals surface area contributed by atoms with Gasteiger partial charge in [-0.1, -0.05) is 30.3 Å². The summed E-state index contributed by atoms with van der Waals surface area (Å²) in [6.07, 6.45) is 0.587. The topological polar surface area (TPSA) is 55.6 Å². The number of nitrogens with zero attached hydrogens (tertiary/aromatic N) is 1. The zero-order valence-corrected chi connectivity index (χ0v) is 10.7. The average Bonchev–Trinajstić information content (AvgIpc) is 2.39. The van der Waals surface area contributed by atoms with Gasteiger partial charge in [0.2, 0.25) is 5.91 Å². The minimum Gasteiger partial charge on any atom is -0.377 e. The van der Waals surface area contributed by atoms with Crippen molar-refractivity contribution < 1.29 is 9.53 Å². The molecule has 1 unspecified atom stereocenters. The monoisotopic (exact) mass is 248 g/mol. The Bertz CT molecular complexity index is 394. The number of carbonyl (C=O) groups excluding carboxylic acids is 1. The van der Waals surface area contributed by atoms with Gasteiger partial charge in [-0.25, -0.2) is 0 Å². The quantitative estimate of drug-likeness (QED) is 0.861. The summed E-state index contributed by atoms with van der Waals surface area (Å²) in [6, 6.07) is 9.53. The Hall–Kier alpha value is -1.39. The van der Waals surface area contributed by atoms with E-state index in [2.05, 4.69) is 0 Å². The molecule has 0 saturated carbocycles. The summed E-state index contributed by atoms with van der Waals surface area (Å²) >= 11 is 0. The summed E-state index contributed by atoms with van der Waals surface area (Å²) in [7, 11) is 0. The summed E-state index contributed by atoms with van der Waals surface area (Å²) in [6.45, 7) is 3.84. The van der Waals surface area contributed by atoms with E-state index in [0.717, 1.165) is 5.56 Å². The van der Waals surface area contributed by atoms with Gasteiger partial charge in [0.1, 0.15) is 0 Å². The molecule has 1 saturated heterocycles. The standard InChI is InChI=1S/C14H20N2O2/c1-11-10-18-8-7-16(11)14(17)13(15)9-12-5-3-2-4-6-12/h2-6,11,13H,7-10,15H2,1H3/t11?,13-/m1/s1. The third kappa shape index (κ3) is 3.09. The van der Waals surface area contributed by atoms with Crippen LogP contribution >= 0.6 is 0 Å². The van der Waals surface area contributed by atoms with Crippen LogP contribution in [-0.4, -0.2) is 42.6 Å². The van der Waals surface area contributed by atoms with E-state index in [9.17, 15) is 4.79 Å². The molecule has 1 aromatic rings. The minimum absolute atomic E-state index is 0.0228. The van der Waals surface area contributed by atoms with E-state index in [0.29, 0.717) is 26.2 Å². The van der Waals surface area contributed by atoms with Crippen LogP contribution < -0.4 is 5.73 Å². The molecule has 1 fully saturated rings. The van der Waals surface area contributed by atoms with E-state index >= 15 is 0 Å². The number of nitrogens with two attached hydrogens (primary N) is 1. The maximum absolute atomic E-state index is 12.3. The Morgan fingerprint density at radius 1 is 1.50 bits per heavy atom. The molecule has 0 radical (unpaired) electrons. The summed E-state index contributed by atoms with van der Waals surface area (Å²) < 4.78 is 5.33. The van der Waals surface area contributed by atoms with E-state index in [1.807, 2.05) is 42.2 Å². The van der Waals surface area contributed by atoms with Crippen molar-refractivity contribution in [3.8, 4) is 0 Å². The van der Waals surface area contributed by atoms with Crippen LogP contribution in [0.4, 0.5) is 0 Å². The highest BCUT2D eigenvalue weighted by Crippen LogP contribution is 2.10. The molecule has 2 rings (SSSR count). The highest BCUT2D eigenvalue weighted by molar-refractivity contribution is 5.82. The van der Waals surface area contributed by atoms with E-state index in [1.165, 1.54) is 0 Å². The van der Waals surface area contributed by atoms with Crippen molar-refractivity contribution in [2.45, 2.75) is 25.4 Å². The second kappa shape index (κ2) is 5.98. The van der Waals surface area contributed by atoms with Crippen LogP contribution in [0.3, 0.4) is 0 Å². The molecular formula is C14H20N2O2. The Morgan fingerprint density at radius 3 is 2.89 bits per heavy atom. The summed E-state index contributed by atoms with van der Waals surface area (Å²) in [5.41, 5.74) is 7.11. The summed E-state index contributed by atoms with van der Waals surface area (Å²) in [4.78, 5) is 14.1. The van der Waals surface area contributed by atoms with Crippen LogP contribution in [0.15, 0.2) is 30.3 Å². The van der Waals surface area contributed by atoms with Gasteiger partial charge in [0.25, 0.3) is 0 Å². The van der Waals surface area contributed by atoms with E-state index in [-0.39, 0.29) is 11.9 Å². The van der Waals surface area contributed by atoms with Crippen LogP contribution in [0.5, 0.6) is 0 Å². The first-order valence-corrected chi connectivity index (χ1v) is 6.36. The van der Waals surface area contributed by atoms with Gasteiger partial charge in [0.05, 0.1) is 25.3 Å². The molecule has 18 heavy (non-hydrogen) atoms. The van der Waals surface area contributed by atoms with Crippen LogP contribution in [0.25, 0.3) is 0 Å². The van der Waals surface area contributed by atoms with Gasteiger partial charge in [-0.05, 0) is 18.9 Å². The number of hydrogen-bond donors (Lipinski definition) is 1. The van der Waals surface area contributed by atoms with Crippen molar-refractivity contribution in [3.63, 3.8) is 0 Å². The molecule has 2 atom stereocenters. The molecule has 4 heteroatoms. The van der Waals surface area contributed by atoms with Crippen molar-refractivity contribution in [1.82, 2.24) is 4.90 Å². The molecule has 0 aliphatic carbocycles. The van der Waals surface area contributed by atoms with Crippen molar-refractivity contribution in [2.75, 3.05) is 19.8 Å². The predicted molar refractivity (Wildman–Crippen MR) is 70.1 cm³/mol. The van der Waals surface area contributed by atoms with E-state index < -0.39 is 6.04 Å². The SMILES string of the molecule is CC1COCCN1C(=O)[C@H](N)Cc1ccccc1. The second-order valence-corrected chi connectivity index (χ2v) is 4.75. The molecule has 0 aromatic heterocycles. The normalized spacial score (nSPS) is 21.7. The zero-order chi connectivity index (χ0) is 13.0. The molecule has 1 aliphatic heterocycles. The first-order valence-electron chi connectivity index (χ1n) is 6.36. The maximum Gasteiger partial charge on any atom is 0.240 e. The first-order chi connectivity index (χ1) is 8.68. The number of ether oxygens (including phenoxy) is 1. The van der Waals surface area contributed by atoms with Crippen molar-refractivity contribution >= 4 is 5.91 Å². The van der Waals surface area contributed by atoms with Gasteiger partial charge in [-0.15, -0.1) is 0 Å². The molecule has 0 spiro atoms. The lowest BCUT2D eigenvalue weighted by Gasteiger charge is -2.35. The fourth-order valence-corrected chi connectivity index (χ4v) is 2.22. The molecule has 1 amide bonds. The van der Waals surface area contributed by atoms with Gasteiger partial charge in [-0.2, -0.15) is 0 Å². The number of hydrogen-bond acceptors (Lipinski definition) is 3. The number of carbonyl (C=O) groups is 1. The lowest BCUT2D eigenvalue weighted by atomic mass is 10.0. The van der Waals surface area contributed by atoms with E-state index in [4.69, 9.17) is 10.5 Å². The lowest BCUT2D eigenvalue weighted by Crippen LogP contribution is -2.53. The molecule has 98 valence electrons. The number of morpholine rings is 1. The predicted octanol–water partition coefficient (Wildman–Crippen LogP) is 0.804. The molecule has 4 nitrogen and oxygen atoms in total. The molecule has 1 aromatic carbocycles. The van der Waals surface area contributed by atoms with Gasteiger partial charge < -0.3 is 15.4 Å². The van der Waals surface area contributed by atoms with Gasteiger partial charge in [0.15, 0.2) is 0 Å². The third-order valence-corrected chi connectivity index (χ3v) is 3.27. The molecule has 2 N–H and O–H groups in total. The van der Waals surface area contributed by atoms with Gasteiger partial charge in [-0.3, -0.25) is 4.79 Å². The Labute approximate surface area is 108 Å². The number of rotatable bonds is 3. The first kappa shape index (κ1) is 13.1. The van der Waals surface area contributed by atoms with E-state index in [1.54, 1.807) is 0 Å². The fraction of sp³-hybridized carbons (Fsp3) is 0.500. The van der Waals surface area contributed by atoms with Crippen LogP contribution in [0.2, 0.25) is 0 Å². The van der Waals surface area contributed by atoms with Crippen molar-refractivity contribution in [3.05, 3.63) is 35.9 Å². The molecule has 0 bridgehead atoms. The van der Waals surface area contributed by atoms with Gasteiger partial charge >= 0.3 is 0 Å². The van der Waals surface area contributed by atoms with Crippen LogP contribution in [0.1, 0.15) is 12.5 Å². The average molecular weight is 248 g/mol. The van der Waals surface area contributed by atoms with Gasteiger partial charge in [0, 0.05) is 6.54 Å². The highest BCUT2D eigenvalue weighted by Gasteiger charge is 2.27. The summed E-state index contributed by atoms with van der Waals surface area (Å²) in [5, 5.41) is 0. The lowest BCUT2D eigenvalue weighted by molar-refractivity contribution is -0.140. The smallest absolute Gasteiger partial charge is 0.240 e. The Balaban J connectivity index is 1.96. The third-order valence-electron chi connectivity index (χ3n) is 3.27. The maximum atomic E-state index is 12.3. The molecular weight excluding hydrogens is 228 g/mol. The van der Waals surface area contributed by atoms with Crippen LogP contribution in [-0.2, 0) is 16.0 Å². The Morgan fingerprint density at radius 2 is 2.22 bits per heavy atom. The van der Waals surface area contributed by atoms with Crippen molar-refractivity contribution in [1.29, 1.82) is 0 Å². The zero-order valence-electron chi connectivity index (χ0n) is 10.7. The number of benzene rings is 1. The highest BCUT2D eigenvalue weighted by atomic mass is 16.5. The Kier molecular flexibility index (Phi) is 4.33. The number of amides is 1. The van der Waals surface area contributed by atoms with Crippen molar-refractivity contribution in [2.24, 2.45) is 5.73 Å². The second-order valence-electron chi connectivity index (χ2n) is 4.75. The molecule has 1 heterocycles. The van der Waals surface area contributed by atoms with Crippen LogP contribution in [0, 0.1) is 0 Å². The fourth-order valence-electron chi connectivity index (χ4n) is 2.22. The summed E-state index contributed by atoms with van der Waals surface area (Å²) in [5.74, 6) is 0.0228. The largest absolute Gasteiger partial charge is 0.377 e.